The standard InChI is InChI=1S/C17H22N2O2/c1-9-5-16(20)14(8-18-9)17(21)19-15-7-10-6-13(15)12-4-2-3-11(10)12/h5,8,10-13,15H,2-4,6-7H2,1H3,(H,18,20)(H,19,21). The largest absolute Gasteiger partial charge is 0.364 e. The van der Waals surface area contributed by atoms with Crippen molar-refractivity contribution >= 4 is 5.91 Å². The van der Waals surface area contributed by atoms with Gasteiger partial charge in [0.15, 0.2) is 5.43 Å². The lowest BCUT2D eigenvalue weighted by molar-refractivity contribution is 0.0899. The van der Waals surface area contributed by atoms with Crippen LogP contribution < -0.4 is 10.7 Å². The number of carbonyl (C=O) groups excluding carboxylic acids is 1. The fourth-order valence-electron chi connectivity index (χ4n) is 5.23. The lowest BCUT2D eigenvalue weighted by Crippen LogP contribution is -2.43. The number of fused-ring (bicyclic) bond motifs is 5. The Labute approximate surface area is 124 Å². The topological polar surface area (TPSA) is 62.0 Å². The molecule has 3 fully saturated rings. The van der Waals surface area contributed by atoms with Gasteiger partial charge in [0.2, 0.25) is 0 Å². The van der Waals surface area contributed by atoms with Gasteiger partial charge in [-0.1, -0.05) is 6.42 Å². The van der Waals surface area contributed by atoms with Gasteiger partial charge in [-0.05, 0) is 56.3 Å². The van der Waals surface area contributed by atoms with Crippen molar-refractivity contribution in [2.45, 2.75) is 45.1 Å². The van der Waals surface area contributed by atoms with E-state index in [-0.39, 0.29) is 22.9 Å². The maximum absolute atomic E-state index is 12.4. The minimum Gasteiger partial charge on any atom is -0.364 e. The molecule has 2 N–H and O–H groups in total. The molecule has 4 nitrogen and oxygen atoms in total. The van der Waals surface area contributed by atoms with Crippen LogP contribution in [-0.4, -0.2) is 16.9 Å². The minimum atomic E-state index is -0.205. The number of aryl methyl sites for hydroxylation is 1. The molecule has 1 heterocycles. The molecule has 3 aliphatic rings. The van der Waals surface area contributed by atoms with Crippen LogP contribution in [0.2, 0.25) is 0 Å². The summed E-state index contributed by atoms with van der Waals surface area (Å²) in [5, 5.41) is 3.14. The molecule has 1 amide bonds. The van der Waals surface area contributed by atoms with Gasteiger partial charge in [-0.3, -0.25) is 9.59 Å². The number of hydrogen-bond acceptors (Lipinski definition) is 2. The zero-order valence-corrected chi connectivity index (χ0v) is 12.4. The van der Waals surface area contributed by atoms with Crippen LogP contribution in [0.15, 0.2) is 17.1 Å². The highest BCUT2D eigenvalue weighted by atomic mass is 16.2. The van der Waals surface area contributed by atoms with E-state index in [2.05, 4.69) is 10.3 Å². The van der Waals surface area contributed by atoms with Crippen molar-refractivity contribution in [1.82, 2.24) is 10.3 Å². The van der Waals surface area contributed by atoms with E-state index < -0.39 is 0 Å². The van der Waals surface area contributed by atoms with E-state index in [1.807, 2.05) is 6.92 Å². The third-order valence-corrected chi connectivity index (χ3v) is 6.05. The van der Waals surface area contributed by atoms with E-state index in [0.717, 1.165) is 29.9 Å². The fraction of sp³-hybridized carbons (Fsp3) is 0.647. The number of amides is 1. The Bertz CT molecular complexity index is 636. The van der Waals surface area contributed by atoms with Crippen molar-refractivity contribution in [3.63, 3.8) is 0 Å². The van der Waals surface area contributed by atoms with Gasteiger partial charge in [-0.25, -0.2) is 0 Å². The summed E-state index contributed by atoms with van der Waals surface area (Å²) in [6.45, 7) is 1.82. The highest BCUT2D eigenvalue weighted by Crippen LogP contribution is 2.58. The van der Waals surface area contributed by atoms with Crippen molar-refractivity contribution in [3.8, 4) is 0 Å². The number of nitrogens with one attached hydrogen (secondary N) is 2. The molecule has 0 spiro atoms. The number of rotatable bonds is 2. The molecule has 0 aromatic carbocycles. The Hall–Kier alpha value is -1.58. The van der Waals surface area contributed by atoms with E-state index in [0.29, 0.717) is 5.92 Å². The van der Waals surface area contributed by atoms with E-state index in [1.165, 1.54) is 31.7 Å². The molecular formula is C17H22N2O2. The summed E-state index contributed by atoms with van der Waals surface area (Å²) >= 11 is 0. The quantitative estimate of drug-likeness (QED) is 0.876. The second-order valence-electron chi connectivity index (χ2n) is 7.13. The maximum atomic E-state index is 12.4. The predicted octanol–water partition coefficient (Wildman–Crippen LogP) is 2.24. The van der Waals surface area contributed by atoms with E-state index in [9.17, 15) is 9.59 Å². The maximum Gasteiger partial charge on any atom is 0.256 e. The molecule has 112 valence electrons. The first-order valence-corrected chi connectivity index (χ1v) is 8.13. The highest BCUT2D eigenvalue weighted by Gasteiger charge is 2.54. The molecule has 21 heavy (non-hydrogen) atoms. The summed E-state index contributed by atoms with van der Waals surface area (Å²) in [5.74, 6) is 3.00. The van der Waals surface area contributed by atoms with Gasteiger partial charge in [0.05, 0.1) is 0 Å². The monoisotopic (exact) mass is 286 g/mol. The summed E-state index contributed by atoms with van der Waals surface area (Å²) in [6, 6.07) is 1.77. The molecule has 2 bridgehead atoms. The summed E-state index contributed by atoms with van der Waals surface area (Å²) in [6.07, 6.45) is 8.03. The highest BCUT2D eigenvalue weighted by molar-refractivity contribution is 5.94. The van der Waals surface area contributed by atoms with E-state index >= 15 is 0 Å². The zero-order chi connectivity index (χ0) is 14.6. The summed E-state index contributed by atoms with van der Waals surface area (Å²) < 4.78 is 0. The van der Waals surface area contributed by atoms with Crippen LogP contribution in [0.3, 0.4) is 0 Å². The van der Waals surface area contributed by atoms with Crippen molar-refractivity contribution in [3.05, 3.63) is 33.7 Å². The first-order valence-electron chi connectivity index (χ1n) is 8.13. The van der Waals surface area contributed by atoms with Crippen molar-refractivity contribution in [2.24, 2.45) is 23.7 Å². The summed E-state index contributed by atoms with van der Waals surface area (Å²) in [4.78, 5) is 27.2. The van der Waals surface area contributed by atoms with Crippen LogP contribution in [-0.2, 0) is 0 Å². The first-order chi connectivity index (χ1) is 10.1. The lowest BCUT2D eigenvalue weighted by Gasteiger charge is -2.32. The van der Waals surface area contributed by atoms with Gasteiger partial charge < -0.3 is 10.3 Å². The second kappa shape index (κ2) is 4.72. The minimum absolute atomic E-state index is 0.189. The predicted molar refractivity (Wildman–Crippen MR) is 80.1 cm³/mol. The van der Waals surface area contributed by atoms with E-state index in [1.54, 1.807) is 6.20 Å². The van der Waals surface area contributed by atoms with Gasteiger partial charge >= 0.3 is 0 Å². The van der Waals surface area contributed by atoms with E-state index in [4.69, 9.17) is 0 Å². The Morgan fingerprint density at radius 3 is 2.86 bits per heavy atom. The Morgan fingerprint density at radius 1 is 1.24 bits per heavy atom. The molecule has 4 heteroatoms. The van der Waals surface area contributed by atoms with Crippen LogP contribution >= 0.6 is 0 Å². The van der Waals surface area contributed by atoms with Gasteiger partial charge in [0.25, 0.3) is 5.91 Å². The number of hydrogen-bond donors (Lipinski definition) is 2. The van der Waals surface area contributed by atoms with Crippen molar-refractivity contribution in [1.29, 1.82) is 0 Å². The average Bonchev–Trinajstić information content (AvgIpc) is 3.09. The van der Waals surface area contributed by atoms with Crippen molar-refractivity contribution < 1.29 is 4.79 Å². The van der Waals surface area contributed by atoms with Crippen LogP contribution in [0, 0.1) is 30.6 Å². The third-order valence-electron chi connectivity index (χ3n) is 6.05. The molecule has 5 atom stereocenters. The van der Waals surface area contributed by atoms with Crippen LogP contribution in [0.25, 0.3) is 0 Å². The molecule has 3 aliphatic carbocycles. The zero-order valence-electron chi connectivity index (χ0n) is 12.4. The van der Waals surface area contributed by atoms with Crippen LogP contribution in [0.4, 0.5) is 0 Å². The number of aromatic nitrogens is 1. The lowest BCUT2D eigenvalue weighted by atomic mass is 9.79. The Balaban J connectivity index is 1.50. The molecule has 1 aromatic rings. The summed E-state index contributed by atoms with van der Waals surface area (Å²) in [5.41, 5.74) is 0.835. The normalized spacial score (nSPS) is 36.7. The van der Waals surface area contributed by atoms with Gasteiger partial charge in [-0.15, -0.1) is 0 Å². The number of H-pyrrole nitrogens is 1. The smallest absolute Gasteiger partial charge is 0.256 e. The molecular weight excluding hydrogens is 264 g/mol. The fourth-order valence-corrected chi connectivity index (χ4v) is 5.23. The van der Waals surface area contributed by atoms with Gasteiger partial charge in [-0.2, -0.15) is 0 Å². The molecule has 0 radical (unpaired) electrons. The number of pyridine rings is 1. The Kier molecular flexibility index (Phi) is 2.95. The van der Waals surface area contributed by atoms with Crippen LogP contribution in [0.5, 0.6) is 0 Å². The van der Waals surface area contributed by atoms with Gasteiger partial charge in [0.1, 0.15) is 5.56 Å². The first kappa shape index (κ1) is 13.1. The molecule has 4 rings (SSSR count). The number of carbonyl (C=O) groups is 1. The third kappa shape index (κ3) is 2.03. The second-order valence-corrected chi connectivity index (χ2v) is 7.13. The molecule has 3 saturated carbocycles. The molecule has 5 unspecified atom stereocenters. The van der Waals surface area contributed by atoms with Crippen LogP contribution in [0.1, 0.15) is 48.2 Å². The molecule has 0 aliphatic heterocycles. The summed E-state index contributed by atoms with van der Waals surface area (Å²) in [7, 11) is 0. The Morgan fingerprint density at radius 2 is 2.05 bits per heavy atom. The van der Waals surface area contributed by atoms with Gasteiger partial charge in [0, 0.05) is 24.0 Å². The SMILES string of the molecule is Cc1cc(=O)c(C(=O)NC2CC3CC2C2CCCC32)c[nH]1. The van der Waals surface area contributed by atoms with Crippen molar-refractivity contribution in [2.75, 3.05) is 0 Å². The number of aromatic amines is 1. The molecule has 1 aromatic heterocycles. The average molecular weight is 286 g/mol. The molecule has 0 saturated heterocycles.